The van der Waals surface area contributed by atoms with Crippen LogP contribution in [0.15, 0.2) is 66.1 Å². The Morgan fingerprint density at radius 2 is 1.96 bits per heavy atom. The smallest absolute Gasteiger partial charge is 0.132 e. The van der Waals surface area contributed by atoms with Gasteiger partial charge in [0.1, 0.15) is 11.6 Å². The summed E-state index contributed by atoms with van der Waals surface area (Å²) in [5.41, 5.74) is 4.35. The minimum atomic E-state index is -0.435. The number of pyridine rings is 2. The molecule has 26 heavy (non-hydrogen) atoms. The normalized spacial score (nSPS) is 11.9. The first-order chi connectivity index (χ1) is 12.6. The molecule has 0 unspecified atom stereocenters. The van der Waals surface area contributed by atoms with E-state index < -0.39 is 5.82 Å². The van der Waals surface area contributed by atoms with E-state index in [1.54, 1.807) is 37.9 Å². The summed E-state index contributed by atoms with van der Waals surface area (Å²) < 4.78 is 14.1. The van der Waals surface area contributed by atoms with Crippen LogP contribution < -0.4 is 0 Å². The third-order valence-corrected chi connectivity index (χ3v) is 3.97. The van der Waals surface area contributed by atoms with Crippen LogP contribution in [0.1, 0.15) is 12.5 Å². The van der Waals surface area contributed by atoms with Crippen molar-refractivity contribution in [1.82, 2.24) is 9.97 Å². The lowest BCUT2D eigenvalue weighted by Gasteiger charge is -2.08. The molecular formula is C21H18FN3O. The largest absolute Gasteiger partial charge is 0.508 e. The van der Waals surface area contributed by atoms with Crippen LogP contribution in [0.2, 0.25) is 0 Å². The maximum absolute atomic E-state index is 14.1. The molecule has 4 nitrogen and oxygen atoms in total. The average molecular weight is 347 g/mol. The van der Waals surface area contributed by atoms with Gasteiger partial charge in [0, 0.05) is 48.5 Å². The number of hydrogen-bond acceptors (Lipinski definition) is 4. The number of aromatic nitrogens is 2. The van der Waals surface area contributed by atoms with Gasteiger partial charge in [-0.25, -0.2) is 4.39 Å². The summed E-state index contributed by atoms with van der Waals surface area (Å²) in [5.74, 6) is -0.441. The minimum absolute atomic E-state index is 0.00570. The molecule has 0 aliphatic heterocycles. The molecule has 0 saturated heterocycles. The lowest BCUT2D eigenvalue weighted by atomic mass is 10.0. The molecule has 0 radical (unpaired) electrons. The lowest BCUT2D eigenvalue weighted by Crippen LogP contribution is -1.92. The second-order valence-electron chi connectivity index (χ2n) is 5.69. The zero-order valence-corrected chi connectivity index (χ0v) is 14.5. The Labute approximate surface area is 151 Å². The highest BCUT2D eigenvalue weighted by Gasteiger charge is 2.10. The third kappa shape index (κ3) is 3.67. The van der Waals surface area contributed by atoms with E-state index in [4.69, 9.17) is 0 Å². The van der Waals surface area contributed by atoms with Gasteiger partial charge in [0.25, 0.3) is 0 Å². The quantitative estimate of drug-likeness (QED) is 0.692. The van der Waals surface area contributed by atoms with Crippen molar-refractivity contribution in [1.29, 1.82) is 0 Å². The van der Waals surface area contributed by atoms with Gasteiger partial charge in [-0.15, -0.1) is 0 Å². The highest BCUT2D eigenvalue weighted by atomic mass is 19.1. The van der Waals surface area contributed by atoms with Crippen LogP contribution in [0, 0.1) is 5.82 Å². The summed E-state index contributed by atoms with van der Waals surface area (Å²) in [7, 11) is 1.72. The van der Waals surface area contributed by atoms with Crippen molar-refractivity contribution >= 4 is 11.8 Å². The average Bonchev–Trinajstić information content (AvgIpc) is 2.68. The Hall–Kier alpha value is -3.34. The molecule has 2 heterocycles. The Balaban J connectivity index is 2.05. The first-order valence-electron chi connectivity index (χ1n) is 8.11. The molecule has 1 N–H and O–H groups in total. The van der Waals surface area contributed by atoms with Crippen molar-refractivity contribution in [2.75, 3.05) is 7.05 Å². The number of benzene rings is 1. The Bertz CT molecular complexity index is 996. The van der Waals surface area contributed by atoms with Crippen LogP contribution in [0.4, 0.5) is 4.39 Å². The van der Waals surface area contributed by atoms with Crippen LogP contribution in [-0.2, 0) is 0 Å². The molecule has 0 aliphatic rings. The van der Waals surface area contributed by atoms with Crippen molar-refractivity contribution in [2.45, 2.75) is 6.92 Å². The number of halogens is 1. The van der Waals surface area contributed by atoms with E-state index in [1.807, 2.05) is 25.1 Å². The van der Waals surface area contributed by atoms with Gasteiger partial charge in [-0.3, -0.25) is 15.0 Å². The van der Waals surface area contributed by atoms with Crippen LogP contribution in [-0.4, -0.2) is 28.3 Å². The molecule has 0 spiro atoms. The summed E-state index contributed by atoms with van der Waals surface area (Å²) in [6.45, 7) is 1.94. The number of aliphatic imine (C=N–C) groups is 1. The SMILES string of the molecule is C/C=C(\C=NC)c1cncc(-c2ccnc(-c3cc(O)ccc3F)c2)c1. The van der Waals surface area contributed by atoms with Gasteiger partial charge in [-0.1, -0.05) is 6.08 Å². The number of aromatic hydroxyl groups is 1. The fourth-order valence-electron chi connectivity index (χ4n) is 2.68. The standard InChI is InChI=1S/C21H18FN3O/c1-3-14(11-23-2)16-8-17(13-24-12-16)15-6-7-25-21(9-15)19-10-18(26)4-5-20(19)22/h3-13,26H,1-2H3/b14-3+,23-11?. The van der Waals surface area contributed by atoms with Crippen LogP contribution in [0.25, 0.3) is 28.0 Å². The van der Waals surface area contributed by atoms with Gasteiger partial charge in [0.2, 0.25) is 0 Å². The van der Waals surface area contributed by atoms with E-state index in [1.165, 1.54) is 18.2 Å². The van der Waals surface area contributed by atoms with E-state index in [9.17, 15) is 9.50 Å². The number of phenolic OH excluding ortho intramolecular Hbond substituents is 1. The fourth-order valence-corrected chi connectivity index (χ4v) is 2.68. The molecule has 0 fully saturated rings. The summed E-state index contributed by atoms with van der Waals surface area (Å²) in [4.78, 5) is 12.6. The number of nitrogens with zero attached hydrogens (tertiary/aromatic N) is 3. The molecule has 0 amide bonds. The molecular weight excluding hydrogens is 329 g/mol. The van der Waals surface area contributed by atoms with E-state index in [2.05, 4.69) is 15.0 Å². The number of phenols is 1. The van der Waals surface area contributed by atoms with Gasteiger partial charge in [-0.2, -0.15) is 0 Å². The molecule has 3 rings (SSSR count). The van der Waals surface area contributed by atoms with E-state index in [0.29, 0.717) is 5.69 Å². The van der Waals surface area contributed by atoms with Crippen LogP contribution >= 0.6 is 0 Å². The van der Waals surface area contributed by atoms with Gasteiger partial charge in [0.05, 0.1) is 5.69 Å². The van der Waals surface area contributed by atoms with E-state index in [0.717, 1.165) is 22.3 Å². The summed E-state index contributed by atoms with van der Waals surface area (Å²) in [6.07, 6.45) is 8.88. The number of hydrogen-bond donors (Lipinski definition) is 1. The molecule has 0 aliphatic carbocycles. The van der Waals surface area contributed by atoms with Crippen LogP contribution in [0.3, 0.4) is 0 Å². The first-order valence-corrected chi connectivity index (χ1v) is 8.11. The molecule has 130 valence electrons. The van der Waals surface area contributed by atoms with Crippen molar-refractivity contribution in [3.8, 4) is 28.1 Å². The highest BCUT2D eigenvalue weighted by Crippen LogP contribution is 2.29. The van der Waals surface area contributed by atoms with Crippen molar-refractivity contribution in [2.24, 2.45) is 4.99 Å². The summed E-state index contributed by atoms with van der Waals surface area (Å²) >= 11 is 0. The van der Waals surface area contributed by atoms with E-state index in [-0.39, 0.29) is 11.3 Å². The molecule has 5 heteroatoms. The predicted molar refractivity (Wildman–Crippen MR) is 103 cm³/mol. The zero-order chi connectivity index (χ0) is 18.5. The van der Waals surface area contributed by atoms with Crippen molar-refractivity contribution in [3.05, 3.63) is 72.4 Å². The van der Waals surface area contributed by atoms with Gasteiger partial charge >= 0.3 is 0 Å². The van der Waals surface area contributed by atoms with E-state index >= 15 is 0 Å². The summed E-state index contributed by atoms with van der Waals surface area (Å²) in [6, 6.07) is 9.53. The minimum Gasteiger partial charge on any atom is -0.508 e. The number of rotatable bonds is 4. The molecule has 2 aromatic heterocycles. The second-order valence-corrected chi connectivity index (χ2v) is 5.69. The molecule has 0 saturated carbocycles. The zero-order valence-electron chi connectivity index (χ0n) is 14.5. The maximum atomic E-state index is 14.1. The fraction of sp³-hybridized carbons (Fsp3) is 0.0952. The highest BCUT2D eigenvalue weighted by molar-refractivity contribution is 6.09. The van der Waals surface area contributed by atoms with Gasteiger partial charge in [0.15, 0.2) is 0 Å². The van der Waals surface area contributed by atoms with Crippen LogP contribution in [0.5, 0.6) is 5.75 Å². The summed E-state index contributed by atoms with van der Waals surface area (Å²) in [5, 5.41) is 9.64. The molecule has 0 atom stereocenters. The first kappa shape index (κ1) is 17.5. The van der Waals surface area contributed by atoms with Gasteiger partial charge < -0.3 is 5.11 Å². The molecule has 1 aromatic carbocycles. The monoisotopic (exact) mass is 347 g/mol. The second kappa shape index (κ2) is 7.70. The third-order valence-electron chi connectivity index (χ3n) is 3.97. The Morgan fingerprint density at radius 3 is 2.73 bits per heavy atom. The van der Waals surface area contributed by atoms with Crippen molar-refractivity contribution < 1.29 is 9.50 Å². The Morgan fingerprint density at radius 1 is 1.12 bits per heavy atom. The maximum Gasteiger partial charge on any atom is 0.132 e. The predicted octanol–water partition coefficient (Wildman–Crippen LogP) is 4.76. The molecule has 3 aromatic rings. The topological polar surface area (TPSA) is 58.4 Å². The Kier molecular flexibility index (Phi) is 5.17. The van der Waals surface area contributed by atoms with Crippen molar-refractivity contribution in [3.63, 3.8) is 0 Å². The lowest BCUT2D eigenvalue weighted by molar-refractivity contribution is 0.473. The molecule has 0 bridgehead atoms. The number of allylic oxidation sites excluding steroid dienone is 2. The van der Waals surface area contributed by atoms with Gasteiger partial charge in [-0.05, 0) is 54.5 Å².